The van der Waals surface area contributed by atoms with Gasteiger partial charge in [-0.1, -0.05) is 41.4 Å². The van der Waals surface area contributed by atoms with E-state index in [9.17, 15) is 4.79 Å². The molecular weight excluding hydrogens is 455 g/mol. The zero-order valence-electron chi connectivity index (χ0n) is 16.4. The molecule has 2 heterocycles. The van der Waals surface area contributed by atoms with Gasteiger partial charge in [0, 0.05) is 28.2 Å². The Hall–Kier alpha value is -2.87. The predicted molar refractivity (Wildman–Crippen MR) is 127 cm³/mol. The molecule has 1 atom stereocenters. The monoisotopic (exact) mass is 472 g/mol. The van der Waals surface area contributed by atoms with E-state index in [2.05, 4.69) is 10.6 Å². The number of benzene rings is 2. The first-order chi connectivity index (χ1) is 14.9. The molecule has 31 heavy (non-hydrogen) atoms. The Labute approximate surface area is 194 Å². The lowest BCUT2D eigenvalue weighted by atomic mass is 10.00. The fourth-order valence-corrected chi connectivity index (χ4v) is 3.85. The van der Waals surface area contributed by atoms with Crippen LogP contribution >= 0.6 is 35.4 Å². The molecule has 1 aliphatic rings. The Balaban J connectivity index is 1.71. The number of anilines is 1. The average Bonchev–Trinajstić information content (AvgIpc) is 3.25. The number of hydrogen-bond acceptors (Lipinski definition) is 4. The number of likely N-dealkylation sites (N-methyl/N-ethyl adjacent to an activating group) is 1. The molecule has 158 valence electrons. The van der Waals surface area contributed by atoms with Crippen molar-refractivity contribution in [1.82, 2.24) is 10.6 Å². The number of fused-ring (bicyclic) bond motifs is 1. The lowest BCUT2D eigenvalue weighted by Crippen LogP contribution is -2.49. The van der Waals surface area contributed by atoms with Gasteiger partial charge in [-0.3, -0.25) is 4.79 Å². The first kappa shape index (κ1) is 21.4. The number of carbonyl (C=O) groups is 1. The van der Waals surface area contributed by atoms with Crippen LogP contribution in [-0.4, -0.2) is 29.9 Å². The van der Waals surface area contributed by atoms with Crippen molar-refractivity contribution in [3.63, 3.8) is 0 Å². The molecule has 0 bridgehead atoms. The molecule has 3 aromatic rings. The van der Waals surface area contributed by atoms with Crippen LogP contribution in [0.1, 0.15) is 16.9 Å². The standard InChI is InChI=1S/C22H18Cl2N4O2S/c1-28-18-9-8-13(23)11-16(18)19(15-6-2-3-7-17(15)24)26-20(21(28)29)27-22(31)25-12-14-5-4-10-30-14/h2-11,20H,12H2,1H3,(H2,25,27,31). The van der Waals surface area contributed by atoms with Crippen LogP contribution in [0.4, 0.5) is 5.69 Å². The zero-order chi connectivity index (χ0) is 22.0. The van der Waals surface area contributed by atoms with Crippen molar-refractivity contribution in [2.75, 3.05) is 11.9 Å². The predicted octanol–water partition coefficient (Wildman–Crippen LogP) is 4.39. The molecule has 0 radical (unpaired) electrons. The molecule has 0 saturated carbocycles. The normalized spacial score (nSPS) is 15.7. The topological polar surface area (TPSA) is 69.9 Å². The summed E-state index contributed by atoms with van der Waals surface area (Å²) in [4.78, 5) is 19.5. The van der Waals surface area contributed by atoms with Crippen LogP contribution in [0.5, 0.6) is 0 Å². The zero-order valence-corrected chi connectivity index (χ0v) is 18.8. The van der Waals surface area contributed by atoms with Crippen molar-refractivity contribution in [2.24, 2.45) is 4.99 Å². The van der Waals surface area contributed by atoms with Crippen molar-refractivity contribution in [3.05, 3.63) is 87.8 Å². The molecule has 1 unspecified atom stereocenters. The van der Waals surface area contributed by atoms with Crippen LogP contribution in [0.3, 0.4) is 0 Å². The highest BCUT2D eigenvalue weighted by molar-refractivity contribution is 7.80. The van der Waals surface area contributed by atoms with Gasteiger partial charge in [-0.25, -0.2) is 4.99 Å². The summed E-state index contributed by atoms with van der Waals surface area (Å²) in [5.74, 6) is 0.448. The third-order valence-electron chi connectivity index (χ3n) is 4.80. The number of nitrogens with zero attached hydrogens (tertiary/aromatic N) is 2. The lowest BCUT2D eigenvalue weighted by molar-refractivity contribution is -0.119. The maximum Gasteiger partial charge on any atom is 0.272 e. The SMILES string of the molecule is CN1C(=O)C(NC(=S)NCc2ccco2)N=C(c2ccccc2Cl)c2cc(Cl)ccc21. The number of rotatable bonds is 4. The summed E-state index contributed by atoms with van der Waals surface area (Å²) < 4.78 is 5.29. The molecule has 0 spiro atoms. The van der Waals surface area contributed by atoms with Gasteiger partial charge in [-0.15, -0.1) is 0 Å². The van der Waals surface area contributed by atoms with Gasteiger partial charge in [0.05, 0.1) is 24.2 Å². The Morgan fingerprint density at radius 2 is 1.97 bits per heavy atom. The number of thiocarbonyl (C=S) groups is 1. The molecule has 2 N–H and O–H groups in total. The lowest BCUT2D eigenvalue weighted by Gasteiger charge is -2.21. The van der Waals surface area contributed by atoms with Crippen LogP contribution in [0, 0.1) is 0 Å². The van der Waals surface area contributed by atoms with E-state index in [1.807, 2.05) is 24.3 Å². The van der Waals surface area contributed by atoms with Crippen LogP contribution in [0.15, 0.2) is 70.3 Å². The Kier molecular flexibility index (Phi) is 6.27. The third kappa shape index (κ3) is 4.58. The number of furan rings is 1. The molecule has 4 rings (SSSR count). The molecule has 1 aromatic heterocycles. The Morgan fingerprint density at radius 1 is 1.16 bits per heavy atom. The molecule has 6 nitrogen and oxygen atoms in total. The first-order valence-corrected chi connectivity index (χ1v) is 10.6. The maximum atomic E-state index is 13.2. The summed E-state index contributed by atoms with van der Waals surface area (Å²) >= 11 is 18.1. The molecule has 0 saturated heterocycles. The van der Waals surface area contributed by atoms with Gasteiger partial charge in [-0.2, -0.15) is 0 Å². The quantitative estimate of drug-likeness (QED) is 0.551. The first-order valence-electron chi connectivity index (χ1n) is 9.41. The summed E-state index contributed by atoms with van der Waals surface area (Å²) in [6.45, 7) is 0.381. The highest BCUT2D eigenvalue weighted by Crippen LogP contribution is 2.31. The second kappa shape index (κ2) is 9.09. The molecule has 1 amide bonds. The minimum absolute atomic E-state index is 0.271. The summed E-state index contributed by atoms with van der Waals surface area (Å²) in [5.41, 5.74) is 2.62. The third-order valence-corrected chi connectivity index (χ3v) is 5.62. The smallest absolute Gasteiger partial charge is 0.272 e. The highest BCUT2D eigenvalue weighted by Gasteiger charge is 2.31. The van der Waals surface area contributed by atoms with Gasteiger partial charge in [0.25, 0.3) is 5.91 Å². The minimum Gasteiger partial charge on any atom is -0.467 e. The highest BCUT2D eigenvalue weighted by atomic mass is 35.5. The Morgan fingerprint density at radius 3 is 2.71 bits per heavy atom. The van der Waals surface area contributed by atoms with Gasteiger partial charge in [0.15, 0.2) is 5.11 Å². The number of nitrogens with one attached hydrogen (secondary N) is 2. The van der Waals surface area contributed by atoms with E-state index in [1.54, 1.807) is 43.6 Å². The van der Waals surface area contributed by atoms with E-state index < -0.39 is 6.17 Å². The van der Waals surface area contributed by atoms with Crippen LogP contribution in [0.2, 0.25) is 10.0 Å². The second-order valence-corrected chi connectivity index (χ2v) is 8.08. The van der Waals surface area contributed by atoms with Gasteiger partial charge >= 0.3 is 0 Å². The van der Waals surface area contributed by atoms with Crippen LogP contribution in [0.25, 0.3) is 0 Å². The number of hydrogen-bond donors (Lipinski definition) is 2. The van der Waals surface area contributed by atoms with E-state index in [0.717, 1.165) is 5.76 Å². The number of aliphatic imine (C=N–C) groups is 1. The van der Waals surface area contributed by atoms with Crippen molar-refractivity contribution in [3.8, 4) is 0 Å². The fourth-order valence-electron chi connectivity index (χ4n) is 3.26. The summed E-state index contributed by atoms with van der Waals surface area (Å²) in [5, 5.41) is 7.33. The Bertz CT molecular complexity index is 1160. The minimum atomic E-state index is -0.959. The fraction of sp³-hybridized carbons (Fsp3) is 0.136. The van der Waals surface area contributed by atoms with Gasteiger partial charge in [-0.05, 0) is 48.6 Å². The van der Waals surface area contributed by atoms with Crippen molar-refractivity contribution < 1.29 is 9.21 Å². The van der Waals surface area contributed by atoms with Crippen molar-refractivity contribution in [2.45, 2.75) is 12.7 Å². The second-order valence-electron chi connectivity index (χ2n) is 6.83. The molecule has 9 heteroatoms. The number of carbonyl (C=O) groups excluding carboxylic acids is 1. The van der Waals surface area contributed by atoms with E-state index >= 15 is 0 Å². The van der Waals surface area contributed by atoms with Gasteiger partial charge in [0.1, 0.15) is 5.76 Å². The largest absolute Gasteiger partial charge is 0.467 e. The van der Waals surface area contributed by atoms with Crippen molar-refractivity contribution in [1.29, 1.82) is 0 Å². The van der Waals surface area contributed by atoms with Gasteiger partial charge < -0.3 is 20.0 Å². The van der Waals surface area contributed by atoms with E-state index in [0.29, 0.717) is 39.1 Å². The molecule has 0 aliphatic carbocycles. The van der Waals surface area contributed by atoms with E-state index in [4.69, 9.17) is 44.8 Å². The van der Waals surface area contributed by atoms with Crippen LogP contribution < -0.4 is 15.5 Å². The summed E-state index contributed by atoms with van der Waals surface area (Å²) in [6, 6.07) is 16.2. The summed E-state index contributed by atoms with van der Waals surface area (Å²) in [7, 11) is 1.69. The van der Waals surface area contributed by atoms with Crippen molar-refractivity contribution >= 4 is 57.8 Å². The number of amides is 1. The number of halogens is 2. The number of benzodiazepines with no additional fused rings is 1. The van der Waals surface area contributed by atoms with E-state index in [1.165, 1.54) is 4.90 Å². The molecular formula is C22H18Cl2N4O2S. The van der Waals surface area contributed by atoms with E-state index in [-0.39, 0.29) is 11.0 Å². The van der Waals surface area contributed by atoms with Crippen LogP contribution in [-0.2, 0) is 11.3 Å². The van der Waals surface area contributed by atoms with Gasteiger partial charge in [0.2, 0.25) is 6.17 Å². The average molecular weight is 473 g/mol. The summed E-state index contributed by atoms with van der Waals surface area (Å²) in [6.07, 6.45) is 0.624. The molecule has 0 fully saturated rings. The molecule has 2 aromatic carbocycles. The maximum absolute atomic E-state index is 13.2. The molecule has 1 aliphatic heterocycles.